The standard InChI is InChI=1S/C11H16N6O/c1-3-7-8(12)9(17-16-7)11(18)15-6(2)10-13-4-5-14-10/h4-6H,3,12H2,1-2H3,(H,13,14)(H,15,18)(H,16,17). The molecular weight excluding hydrogens is 232 g/mol. The van der Waals surface area contributed by atoms with Crippen LogP contribution in [-0.2, 0) is 6.42 Å². The molecule has 7 nitrogen and oxygen atoms in total. The molecule has 0 saturated carbocycles. The summed E-state index contributed by atoms with van der Waals surface area (Å²) in [5, 5.41) is 9.46. The number of hydrogen-bond acceptors (Lipinski definition) is 4. The van der Waals surface area contributed by atoms with Gasteiger partial charge in [-0.2, -0.15) is 5.10 Å². The molecule has 1 atom stereocenters. The zero-order valence-corrected chi connectivity index (χ0v) is 10.3. The third-order valence-corrected chi connectivity index (χ3v) is 2.73. The van der Waals surface area contributed by atoms with Gasteiger partial charge in [-0.3, -0.25) is 9.89 Å². The molecular formula is C11H16N6O. The zero-order valence-electron chi connectivity index (χ0n) is 10.3. The summed E-state index contributed by atoms with van der Waals surface area (Å²) >= 11 is 0. The van der Waals surface area contributed by atoms with Gasteiger partial charge in [0, 0.05) is 12.4 Å². The van der Waals surface area contributed by atoms with Crippen LogP contribution in [0, 0.1) is 0 Å². The van der Waals surface area contributed by atoms with Gasteiger partial charge in [0.15, 0.2) is 5.69 Å². The summed E-state index contributed by atoms with van der Waals surface area (Å²) in [6, 6.07) is -0.228. The normalized spacial score (nSPS) is 12.3. The first kappa shape index (κ1) is 12.2. The van der Waals surface area contributed by atoms with Crippen LogP contribution in [0.3, 0.4) is 0 Å². The van der Waals surface area contributed by atoms with Gasteiger partial charge in [-0.15, -0.1) is 0 Å². The minimum Gasteiger partial charge on any atom is -0.395 e. The van der Waals surface area contributed by atoms with Crippen molar-refractivity contribution < 1.29 is 4.79 Å². The van der Waals surface area contributed by atoms with Crippen molar-refractivity contribution in [3.8, 4) is 0 Å². The smallest absolute Gasteiger partial charge is 0.274 e. The Labute approximate surface area is 104 Å². The molecule has 2 rings (SSSR count). The van der Waals surface area contributed by atoms with E-state index in [1.165, 1.54) is 0 Å². The Morgan fingerprint density at radius 1 is 1.61 bits per heavy atom. The van der Waals surface area contributed by atoms with Crippen LogP contribution in [0.15, 0.2) is 12.4 Å². The van der Waals surface area contributed by atoms with Gasteiger partial charge >= 0.3 is 0 Å². The third-order valence-electron chi connectivity index (χ3n) is 2.73. The lowest BCUT2D eigenvalue weighted by Crippen LogP contribution is -2.28. The van der Waals surface area contributed by atoms with Gasteiger partial charge in [-0.25, -0.2) is 4.98 Å². The van der Waals surface area contributed by atoms with E-state index in [1.807, 2.05) is 13.8 Å². The molecule has 0 aliphatic carbocycles. The highest BCUT2D eigenvalue weighted by atomic mass is 16.2. The number of hydrogen-bond donors (Lipinski definition) is 4. The van der Waals surface area contributed by atoms with Crippen LogP contribution in [0.25, 0.3) is 0 Å². The van der Waals surface area contributed by atoms with Gasteiger partial charge in [-0.1, -0.05) is 6.92 Å². The van der Waals surface area contributed by atoms with Crippen molar-refractivity contribution in [3.63, 3.8) is 0 Å². The van der Waals surface area contributed by atoms with Crippen molar-refractivity contribution in [2.24, 2.45) is 0 Å². The Morgan fingerprint density at radius 2 is 2.39 bits per heavy atom. The largest absolute Gasteiger partial charge is 0.395 e. The van der Waals surface area contributed by atoms with Gasteiger partial charge in [0.25, 0.3) is 5.91 Å². The average molecular weight is 248 g/mol. The number of H-pyrrole nitrogens is 2. The maximum atomic E-state index is 12.0. The highest BCUT2D eigenvalue weighted by molar-refractivity contribution is 5.97. The molecule has 5 N–H and O–H groups in total. The number of nitrogen functional groups attached to an aromatic ring is 1. The lowest BCUT2D eigenvalue weighted by Gasteiger charge is -2.10. The van der Waals surface area contributed by atoms with Crippen molar-refractivity contribution >= 4 is 11.6 Å². The lowest BCUT2D eigenvalue weighted by molar-refractivity contribution is 0.0934. The minimum atomic E-state index is -0.313. The number of carbonyl (C=O) groups excluding carboxylic acids is 1. The first-order valence-electron chi connectivity index (χ1n) is 5.76. The molecule has 1 amide bonds. The SMILES string of the molecule is CCc1[nH]nc(C(=O)NC(C)c2ncc[nH]2)c1N. The number of aromatic amines is 2. The van der Waals surface area contributed by atoms with E-state index in [9.17, 15) is 4.79 Å². The lowest BCUT2D eigenvalue weighted by atomic mass is 10.2. The second-order valence-electron chi connectivity index (χ2n) is 3.99. The number of nitrogens with one attached hydrogen (secondary N) is 3. The van der Waals surface area contributed by atoms with Crippen LogP contribution in [0.5, 0.6) is 0 Å². The number of aromatic nitrogens is 4. The monoisotopic (exact) mass is 248 g/mol. The fourth-order valence-corrected chi connectivity index (χ4v) is 1.68. The summed E-state index contributed by atoms with van der Waals surface area (Å²) in [6.45, 7) is 3.78. The first-order valence-corrected chi connectivity index (χ1v) is 5.76. The molecule has 0 saturated heterocycles. The van der Waals surface area contributed by atoms with Gasteiger partial charge in [0.05, 0.1) is 17.4 Å². The van der Waals surface area contributed by atoms with Gasteiger partial charge in [0.2, 0.25) is 0 Å². The molecule has 7 heteroatoms. The number of anilines is 1. The molecule has 2 heterocycles. The van der Waals surface area contributed by atoms with Gasteiger partial charge in [0.1, 0.15) is 5.82 Å². The van der Waals surface area contributed by atoms with E-state index in [2.05, 4.69) is 25.5 Å². The van der Waals surface area contributed by atoms with Crippen molar-refractivity contribution in [2.45, 2.75) is 26.3 Å². The van der Waals surface area contributed by atoms with Crippen LogP contribution in [0.1, 0.15) is 41.9 Å². The minimum absolute atomic E-state index is 0.227. The molecule has 18 heavy (non-hydrogen) atoms. The Bertz CT molecular complexity index is 530. The van der Waals surface area contributed by atoms with E-state index < -0.39 is 0 Å². The van der Waals surface area contributed by atoms with E-state index in [0.717, 1.165) is 5.69 Å². The van der Waals surface area contributed by atoms with Crippen molar-refractivity contribution in [1.29, 1.82) is 0 Å². The predicted molar refractivity (Wildman–Crippen MR) is 66.8 cm³/mol. The summed E-state index contributed by atoms with van der Waals surface area (Å²) in [4.78, 5) is 19.0. The number of rotatable bonds is 4. The van der Waals surface area contributed by atoms with E-state index in [0.29, 0.717) is 17.9 Å². The molecule has 0 spiro atoms. The summed E-state index contributed by atoms with van der Waals surface area (Å²) in [5.74, 6) is 0.375. The molecule has 0 aromatic carbocycles. The Balaban J connectivity index is 2.10. The van der Waals surface area contributed by atoms with E-state index in [1.54, 1.807) is 12.4 Å². The fourth-order valence-electron chi connectivity index (χ4n) is 1.68. The highest BCUT2D eigenvalue weighted by Gasteiger charge is 2.19. The number of imidazole rings is 1. The second-order valence-corrected chi connectivity index (χ2v) is 3.99. The maximum absolute atomic E-state index is 12.0. The van der Waals surface area contributed by atoms with Crippen LogP contribution in [0.4, 0.5) is 5.69 Å². The van der Waals surface area contributed by atoms with Crippen LogP contribution >= 0.6 is 0 Å². The number of aryl methyl sites for hydroxylation is 1. The molecule has 0 aliphatic heterocycles. The van der Waals surface area contributed by atoms with Crippen LogP contribution in [-0.4, -0.2) is 26.1 Å². The molecule has 0 bridgehead atoms. The molecule has 0 aliphatic rings. The molecule has 1 unspecified atom stereocenters. The van der Waals surface area contributed by atoms with Gasteiger partial charge in [-0.05, 0) is 13.3 Å². The predicted octanol–water partition coefficient (Wildman–Crippen LogP) is 0.768. The zero-order chi connectivity index (χ0) is 13.1. The average Bonchev–Trinajstić information content (AvgIpc) is 2.97. The quantitative estimate of drug-likeness (QED) is 0.640. The summed E-state index contributed by atoms with van der Waals surface area (Å²) in [6.07, 6.45) is 4.05. The van der Waals surface area contributed by atoms with Crippen molar-refractivity contribution in [3.05, 3.63) is 29.6 Å². The van der Waals surface area contributed by atoms with Gasteiger partial charge < -0.3 is 16.0 Å². The molecule has 0 radical (unpaired) electrons. The van der Waals surface area contributed by atoms with E-state index in [4.69, 9.17) is 5.73 Å². The number of amides is 1. The van der Waals surface area contributed by atoms with E-state index in [-0.39, 0.29) is 17.6 Å². The summed E-state index contributed by atoms with van der Waals surface area (Å²) in [5.41, 5.74) is 7.23. The van der Waals surface area contributed by atoms with Crippen LogP contribution < -0.4 is 11.1 Å². The Morgan fingerprint density at radius 3 is 2.94 bits per heavy atom. The fraction of sp³-hybridized carbons (Fsp3) is 0.364. The Hall–Kier alpha value is -2.31. The first-order chi connectivity index (χ1) is 8.63. The summed E-state index contributed by atoms with van der Waals surface area (Å²) in [7, 11) is 0. The Kier molecular flexibility index (Phi) is 3.31. The second kappa shape index (κ2) is 4.91. The molecule has 96 valence electrons. The summed E-state index contributed by atoms with van der Waals surface area (Å²) < 4.78 is 0. The van der Waals surface area contributed by atoms with Crippen LogP contribution in [0.2, 0.25) is 0 Å². The maximum Gasteiger partial charge on any atom is 0.274 e. The van der Waals surface area contributed by atoms with E-state index >= 15 is 0 Å². The molecule has 2 aromatic rings. The van der Waals surface area contributed by atoms with Crippen molar-refractivity contribution in [1.82, 2.24) is 25.5 Å². The highest BCUT2D eigenvalue weighted by Crippen LogP contribution is 2.15. The topological polar surface area (TPSA) is 112 Å². The number of carbonyl (C=O) groups is 1. The molecule has 2 aromatic heterocycles. The number of nitrogens with zero attached hydrogens (tertiary/aromatic N) is 2. The number of nitrogens with two attached hydrogens (primary N) is 1. The van der Waals surface area contributed by atoms with Crippen molar-refractivity contribution in [2.75, 3.05) is 5.73 Å². The molecule has 0 fully saturated rings. The third kappa shape index (κ3) is 2.20.